The van der Waals surface area contributed by atoms with E-state index in [1.807, 2.05) is 36.4 Å². The van der Waals surface area contributed by atoms with Crippen LogP contribution in [0, 0.1) is 0 Å². The molecule has 4 rings (SSSR count). The van der Waals surface area contributed by atoms with Crippen molar-refractivity contribution in [2.75, 3.05) is 31.6 Å². The third-order valence-corrected chi connectivity index (χ3v) is 5.73. The van der Waals surface area contributed by atoms with Crippen molar-refractivity contribution < 1.29 is 22.7 Å². The van der Waals surface area contributed by atoms with Crippen molar-refractivity contribution in [2.24, 2.45) is 5.73 Å². The molecular formula is C23H23F3N4O2. The van der Waals surface area contributed by atoms with Crippen molar-refractivity contribution >= 4 is 22.6 Å². The molecule has 1 saturated heterocycles. The fraction of sp³-hybridized carbons (Fsp3) is 0.304. The second kappa shape index (κ2) is 8.57. The Morgan fingerprint density at radius 3 is 2.53 bits per heavy atom. The first-order chi connectivity index (χ1) is 15.3. The number of aromatic nitrogens is 1. The van der Waals surface area contributed by atoms with Gasteiger partial charge in [-0.05, 0) is 36.2 Å². The number of carbonyl (C=O) groups is 1. The van der Waals surface area contributed by atoms with Gasteiger partial charge in [0, 0.05) is 30.7 Å². The van der Waals surface area contributed by atoms with Gasteiger partial charge in [0.2, 0.25) is 0 Å². The molecule has 0 radical (unpaired) electrons. The molecule has 1 fully saturated rings. The van der Waals surface area contributed by atoms with Gasteiger partial charge in [0.1, 0.15) is 17.0 Å². The van der Waals surface area contributed by atoms with Crippen LogP contribution in [0.1, 0.15) is 11.3 Å². The van der Waals surface area contributed by atoms with E-state index in [0.717, 1.165) is 17.3 Å². The lowest BCUT2D eigenvalue weighted by Gasteiger charge is -2.42. The number of nitrogens with two attached hydrogens (primary N) is 1. The number of alkyl halides is 3. The Bertz CT molecular complexity index is 1120. The average molecular weight is 444 g/mol. The normalized spacial score (nSPS) is 16.9. The van der Waals surface area contributed by atoms with Crippen molar-refractivity contribution in [3.63, 3.8) is 0 Å². The number of rotatable bonds is 4. The molecule has 0 aliphatic carbocycles. The molecule has 2 N–H and O–H groups in total. The van der Waals surface area contributed by atoms with E-state index < -0.39 is 17.9 Å². The quantitative estimate of drug-likeness (QED) is 0.659. The Balaban J connectivity index is 1.71. The summed E-state index contributed by atoms with van der Waals surface area (Å²) in [5, 5.41) is 0.559. The first-order valence-corrected chi connectivity index (χ1v) is 10.2. The number of primary amides is 1. The molecular weight excluding hydrogens is 421 g/mol. The first kappa shape index (κ1) is 21.7. The number of anilines is 1. The van der Waals surface area contributed by atoms with E-state index in [1.165, 1.54) is 13.2 Å². The van der Waals surface area contributed by atoms with E-state index in [-0.39, 0.29) is 17.3 Å². The first-order valence-electron chi connectivity index (χ1n) is 10.2. The molecule has 32 heavy (non-hydrogen) atoms. The fourth-order valence-electron chi connectivity index (χ4n) is 4.20. The van der Waals surface area contributed by atoms with Crippen molar-refractivity contribution in [1.82, 2.24) is 9.88 Å². The minimum atomic E-state index is -4.55. The van der Waals surface area contributed by atoms with Gasteiger partial charge in [-0.15, -0.1) is 0 Å². The second-order valence-corrected chi connectivity index (χ2v) is 7.70. The minimum Gasteiger partial charge on any atom is -0.494 e. The van der Waals surface area contributed by atoms with Crippen LogP contribution in [0.4, 0.5) is 23.7 Å². The van der Waals surface area contributed by atoms with Gasteiger partial charge in [0.05, 0.1) is 13.2 Å². The van der Waals surface area contributed by atoms with Crippen LogP contribution in [-0.2, 0) is 12.6 Å². The smallest absolute Gasteiger partial charge is 0.433 e. The van der Waals surface area contributed by atoms with Gasteiger partial charge >= 0.3 is 12.2 Å². The number of nitrogens with zero attached hydrogens (tertiary/aromatic N) is 3. The van der Waals surface area contributed by atoms with Crippen LogP contribution in [0.2, 0.25) is 0 Å². The van der Waals surface area contributed by atoms with Crippen LogP contribution < -0.4 is 15.4 Å². The monoisotopic (exact) mass is 444 g/mol. The number of pyridine rings is 1. The Labute approximate surface area is 183 Å². The lowest BCUT2D eigenvalue weighted by molar-refractivity contribution is -0.140. The van der Waals surface area contributed by atoms with Gasteiger partial charge in [-0.3, -0.25) is 0 Å². The zero-order chi connectivity index (χ0) is 22.9. The molecule has 0 bridgehead atoms. The number of halogens is 3. The number of urea groups is 1. The summed E-state index contributed by atoms with van der Waals surface area (Å²) >= 11 is 0. The maximum atomic E-state index is 13.2. The summed E-state index contributed by atoms with van der Waals surface area (Å²) < 4.78 is 44.9. The van der Waals surface area contributed by atoms with Crippen LogP contribution >= 0.6 is 0 Å². The van der Waals surface area contributed by atoms with Crippen LogP contribution in [0.5, 0.6) is 5.75 Å². The molecule has 9 heteroatoms. The molecule has 0 saturated carbocycles. The lowest BCUT2D eigenvalue weighted by atomic mass is 10.0. The number of amides is 2. The Morgan fingerprint density at radius 1 is 1.12 bits per heavy atom. The largest absolute Gasteiger partial charge is 0.494 e. The molecule has 1 aliphatic heterocycles. The van der Waals surface area contributed by atoms with Crippen molar-refractivity contribution in [3.8, 4) is 5.75 Å². The van der Waals surface area contributed by atoms with E-state index in [0.29, 0.717) is 31.4 Å². The maximum Gasteiger partial charge on any atom is 0.433 e. The van der Waals surface area contributed by atoms with Crippen molar-refractivity contribution in [3.05, 3.63) is 65.9 Å². The highest BCUT2D eigenvalue weighted by Crippen LogP contribution is 2.37. The number of hydrogen-bond acceptors (Lipinski definition) is 4. The highest BCUT2D eigenvalue weighted by molar-refractivity contribution is 5.96. The highest BCUT2D eigenvalue weighted by Gasteiger charge is 2.34. The Hall–Kier alpha value is -3.49. The molecule has 168 valence electrons. The number of fused-ring (bicyclic) bond motifs is 1. The molecule has 3 aromatic rings. The summed E-state index contributed by atoms with van der Waals surface area (Å²) in [6.07, 6.45) is -3.94. The van der Waals surface area contributed by atoms with Gasteiger partial charge in [-0.2, -0.15) is 13.2 Å². The summed E-state index contributed by atoms with van der Waals surface area (Å²) in [5.74, 6) is 0.270. The topological polar surface area (TPSA) is 71.7 Å². The van der Waals surface area contributed by atoms with E-state index >= 15 is 0 Å². The van der Waals surface area contributed by atoms with E-state index in [1.54, 1.807) is 11.0 Å². The van der Waals surface area contributed by atoms with Crippen molar-refractivity contribution in [2.45, 2.75) is 18.6 Å². The van der Waals surface area contributed by atoms with Gasteiger partial charge in [-0.25, -0.2) is 9.78 Å². The highest BCUT2D eigenvalue weighted by atomic mass is 19.4. The third kappa shape index (κ3) is 4.28. The van der Waals surface area contributed by atoms with Crippen LogP contribution in [0.25, 0.3) is 10.9 Å². The summed E-state index contributed by atoms with van der Waals surface area (Å²) in [4.78, 5) is 19.6. The molecule has 2 aromatic carbocycles. The molecule has 1 atom stereocenters. The lowest BCUT2D eigenvalue weighted by Crippen LogP contribution is -2.57. The van der Waals surface area contributed by atoms with Crippen LogP contribution in [0.15, 0.2) is 54.6 Å². The minimum absolute atomic E-state index is 0.150. The van der Waals surface area contributed by atoms with Gasteiger partial charge in [-0.1, -0.05) is 30.3 Å². The third-order valence-electron chi connectivity index (χ3n) is 5.73. The molecule has 6 nitrogen and oxygen atoms in total. The summed E-state index contributed by atoms with van der Waals surface area (Å²) in [7, 11) is 1.40. The number of hydrogen-bond donors (Lipinski definition) is 1. The molecule has 2 heterocycles. The molecule has 1 aromatic heterocycles. The number of methoxy groups -OCH3 is 1. The standard InChI is InChI=1S/C23H23F3N4O2/c1-32-19-9-8-18(17-7-10-20(23(24,25)26)28-21(17)19)29-11-12-30(22(27)31)16(14-29)13-15-5-3-2-4-6-15/h2-10,16H,11-14H2,1H3,(H2,27,31)/t16-/m0/s1. The number of piperazine rings is 1. The number of benzene rings is 2. The summed E-state index contributed by atoms with van der Waals surface area (Å²) in [5.41, 5.74) is 6.61. The molecule has 1 aliphatic rings. The molecule has 0 spiro atoms. The SMILES string of the molecule is COc1ccc(N2CCN(C(N)=O)[C@@H](Cc3ccccc3)C2)c2ccc(C(F)(F)F)nc12. The fourth-order valence-corrected chi connectivity index (χ4v) is 4.20. The zero-order valence-corrected chi connectivity index (χ0v) is 17.5. The average Bonchev–Trinajstić information content (AvgIpc) is 2.77. The zero-order valence-electron chi connectivity index (χ0n) is 17.5. The van der Waals surface area contributed by atoms with Crippen LogP contribution in [-0.4, -0.2) is 48.7 Å². The number of carbonyl (C=O) groups excluding carboxylic acids is 1. The Kier molecular flexibility index (Phi) is 5.82. The van der Waals surface area contributed by atoms with E-state index in [4.69, 9.17) is 10.5 Å². The molecule has 0 unspecified atom stereocenters. The molecule has 2 amide bonds. The summed E-state index contributed by atoms with van der Waals surface area (Å²) in [6, 6.07) is 15.0. The van der Waals surface area contributed by atoms with Gasteiger partial charge in [0.15, 0.2) is 0 Å². The number of ether oxygens (including phenoxy) is 1. The van der Waals surface area contributed by atoms with Crippen molar-refractivity contribution in [1.29, 1.82) is 0 Å². The summed E-state index contributed by atoms with van der Waals surface area (Å²) in [6.45, 7) is 1.39. The predicted molar refractivity (Wildman–Crippen MR) is 116 cm³/mol. The predicted octanol–water partition coefficient (Wildman–Crippen LogP) is 4.07. The van der Waals surface area contributed by atoms with Crippen LogP contribution in [0.3, 0.4) is 0 Å². The van der Waals surface area contributed by atoms with Gasteiger partial charge < -0.3 is 20.3 Å². The maximum absolute atomic E-state index is 13.2. The van der Waals surface area contributed by atoms with Gasteiger partial charge in [0.25, 0.3) is 0 Å². The Morgan fingerprint density at radius 2 is 1.88 bits per heavy atom. The van der Waals surface area contributed by atoms with E-state index in [9.17, 15) is 18.0 Å². The second-order valence-electron chi connectivity index (χ2n) is 7.70. The van der Waals surface area contributed by atoms with E-state index in [2.05, 4.69) is 9.88 Å².